The van der Waals surface area contributed by atoms with E-state index in [2.05, 4.69) is 9.97 Å². The summed E-state index contributed by atoms with van der Waals surface area (Å²) in [7, 11) is 0. The van der Waals surface area contributed by atoms with Crippen LogP contribution in [0.3, 0.4) is 0 Å². The second kappa shape index (κ2) is 7.42. The Labute approximate surface area is 154 Å². The van der Waals surface area contributed by atoms with Gasteiger partial charge < -0.3 is 14.8 Å². The summed E-state index contributed by atoms with van der Waals surface area (Å²) in [4.78, 5) is 21.0. The molecule has 0 atom stereocenters. The average Bonchev–Trinajstić information content (AvgIpc) is 3.23. The van der Waals surface area contributed by atoms with E-state index in [9.17, 15) is 15.2 Å². The minimum atomic E-state index is -0.522. The molecular formula is C19H17N3O3S. The maximum atomic E-state index is 12.2. The maximum absolute atomic E-state index is 12.2. The first kappa shape index (κ1) is 17.7. The number of aromatic amines is 1. The van der Waals surface area contributed by atoms with Crippen molar-refractivity contribution in [3.8, 4) is 6.07 Å². The number of thiophene rings is 1. The minimum Gasteiger partial charge on any atom is -0.507 e. The zero-order valence-corrected chi connectivity index (χ0v) is 15.2. The van der Waals surface area contributed by atoms with Crippen molar-refractivity contribution < 1.29 is 14.6 Å². The number of hydrogen-bond donors (Lipinski definition) is 2. The fourth-order valence-corrected chi connectivity index (χ4v) is 3.58. The van der Waals surface area contributed by atoms with Crippen molar-refractivity contribution in [3.63, 3.8) is 0 Å². The lowest BCUT2D eigenvalue weighted by atomic mass is 10.2. The number of imidazole rings is 1. The van der Waals surface area contributed by atoms with Gasteiger partial charge in [0.1, 0.15) is 23.1 Å². The lowest BCUT2D eigenvalue weighted by Crippen LogP contribution is -2.08. The number of nitrogens with zero attached hydrogens (tertiary/aromatic N) is 2. The summed E-state index contributed by atoms with van der Waals surface area (Å²) in [6.07, 6.45) is 0.839. The minimum absolute atomic E-state index is 0.0504. The highest BCUT2D eigenvalue weighted by molar-refractivity contribution is 7.14. The number of aliphatic hydroxyl groups is 1. The number of para-hydroxylation sites is 2. The Morgan fingerprint density at radius 1 is 1.42 bits per heavy atom. The first-order chi connectivity index (χ1) is 12.5. The van der Waals surface area contributed by atoms with Crippen LogP contribution in [0.5, 0.6) is 0 Å². The molecule has 2 N–H and O–H groups in total. The fourth-order valence-electron chi connectivity index (χ4n) is 2.57. The van der Waals surface area contributed by atoms with E-state index >= 15 is 0 Å². The second-order valence-electron chi connectivity index (χ2n) is 5.66. The van der Waals surface area contributed by atoms with Crippen molar-refractivity contribution in [3.05, 3.63) is 57.2 Å². The Kier molecular flexibility index (Phi) is 5.05. The predicted octanol–water partition coefficient (Wildman–Crippen LogP) is 4.14. The topological polar surface area (TPSA) is 99.0 Å². The third kappa shape index (κ3) is 3.46. The molecule has 2 aromatic heterocycles. The number of hydrogen-bond acceptors (Lipinski definition) is 6. The predicted molar refractivity (Wildman–Crippen MR) is 100.0 cm³/mol. The number of rotatable bonds is 5. The molecule has 26 heavy (non-hydrogen) atoms. The van der Waals surface area contributed by atoms with Gasteiger partial charge in [0.25, 0.3) is 0 Å². The van der Waals surface area contributed by atoms with Gasteiger partial charge in [-0.1, -0.05) is 19.1 Å². The summed E-state index contributed by atoms with van der Waals surface area (Å²) in [5.74, 6) is -0.627. The fraction of sp³-hybridized carbons (Fsp3) is 0.211. The summed E-state index contributed by atoms with van der Waals surface area (Å²) < 4.78 is 5.15. The molecule has 6 nitrogen and oxygen atoms in total. The highest BCUT2D eigenvalue weighted by atomic mass is 32.1. The molecule has 0 aliphatic heterocycles. The maximum Gasteiger partial charge on any atom is 0.348 e. The summed E-state index contributed by atoms with van der Waals surface area (Å²) in [5, 5.41) is 19.6. The van der Waals surface area contributed by atoms with E-state index in [-0.39, 0.29) is 17.2 Å². The molecule has 0 saturated carbocycles. The van der Waals surface area contributed by atoms with Gasteiger partial charge >= 0.3 is 5.97 Å². The molecule has 1 aromatic carbocycles. The number of carbonyl (C=O) groups is 1. The van der Waals surface area contributed by atoms with E-state index in [0.29, 0.717) is 10.4 Å². The van der Waals surface area contributed by atoms with Gasteiger partial charge in [-0.2, -0.15) is 5.26 Å². The van der Waals surface area contributed by atoms with Crippen molar-refractivity contribution in [2.24, 2.45) is 0 Å². The number of carbonyl (C=O) groups excluding carboxylic acids is 1. The number of nitrogens with one attached hydrogen (secondary N) is 1. The summed E-state index contributed by atoms with van der Waals surface area (Å²) >= 11 is 1.36. The van der Waals surface area contributed by atoms with Crippen LogP contribution in [0.1, 0.15) is 32.9 Å². The van der Waals surface area contributed by atoms with E-state index in [4.69, 9.17) is 4.74 Å². The molecule has 0 aliphatic carbocycles. The second-order valence-corrected chi connectivity index (χ2v) is 6.91. The number of H-pyrrole nitrogens is 1. The Bertz CT molecular complexity index is 1010. The standard InChI is InChI=1S/C19H17N3O3S/c1-3-12-8-17(26-11(12)2)19(24)25-10-16(23)13(9-20)18-21-14-6-4-5-7-15(14)22-18/h4-8,23H,3,10H2,1-2H3,(H,21,22)/b16-13-. The molecule has 0 amide bonds. The Morgan fingerprint density at radius 3 is 2.85 bits per heavy atom. The molecule has 0 bridgehead atoms. The smallest absolute Gasteiger partial charge is 0.348 e. The van der Waals surface area contributed by atoms with Crippen LogP contribution in [0.25, 0.3) is 16.6 Å². The molecule has 0 saturated heterocycles. The first-order valence-electron chi connectivity index (χ1n) is 8.07. The molecule has 0 radical (unpaired) electrons. The summed E-state index contributed by atoms with van der Waals surface area (Å²) in [5.41, 5.74) is 2.48. The first-order valence-corrected chi connectivity index (χ1v) is 8.89. The number of aryl methyl sites for hydroxylation is 2. The van der Waals surface area contributed by atoms with E-state index in [1.165, 1.54) is 11.3 Å². The Hall–Kier alpha value is -3.11. The van der Waals surface area contributed by atoms with Crippen LogP contribution >= 0.6 is 11.3 Å². The van der Waals surface area contributed by atoms with Crippen molar-refractivity contribution in [1.82, 2.24) is 9.97 Å². The number of allylic oxidation sites excluding steroid dienone is 1. The van der Waals surface area contributed by atoms with Crippen LogP contribution in [0.4, 0.5) is 0 Å². The van der Waals surface area contributed by atoms with Crippen LogP contribution in [-0.4, -0.2) is 27.7 Å². The van der Waals surface area contributed by atoms with Crippen LogP contribution in [0.15, 0.2) is 36.1 Å². The van der Waals surface area contributed by atoms with E-state index in [1.54, 1.807) is 12.1 Å². The molecule has 7 heteroatoms. The summed E-state index contributed by atoms with van der Waals surface area (Å²) in [6.45, 7) is 3.58. The van der Waals surface area contributed by atoms with Crippen molar-refractivity contribution in [2.75, 3.05) is 6.61 Å². The van der Waals surface area contributed by atoms with E-state index in [0.717, 1.165) is 22.4 Å². The number of fused-ring (bicyclic) bond motifs is 1. The van der Waals surface area contributed by atoms with Gasteiger partial charge in [-0.05, 0) is 37.1 Å². The van der Waals surface area contributed by atoms with Crippen LogP contribution in [0, 0.1) is 18.3 Å². The number of nitriles is 1. The number of esters is 1. The number of aliphatic hydroxyl groups excluding tert-OH is 1. The molecule has 3 rings (SSSR count). The van der Waals surface area contributed by atoms with Gasteiger partial charge in [-0.25, -0.2) is 9.78 Å². The molecule has 132 valence electrons. The molecule has 0 unspecified atom stereocenters. The van der Waals surface area contributed by atoms with Crippen LogP contribution < -0.4 is 0 Å². The molecular weight excluding hydrogens is 350 g/mol. The van der Waals surface area contributed by atoms with Crippen molar-refractivity contribution >= 4 is 33.9 Å². The molecule has 3 aromatic rings. The van der Waals surface area contributed by atoms with Gasteiger partial charge in [0.05, 0.1) is 11.0 Å². The normalized spacial score (nSPS) is 11.9. The SMILES string of the molecule is CCc1cc(C(=O)OC/C(O)=C(\C#N)c2nc3ccccc3[nH]2)sc1C. The highest BCUT2D eigenvalue weighted by Crippen LogP contribution is 2.23. The number of aromatic nitrogens is 2. The van der Waals surface area contributed by atoms with Gasteiger partial charge in [-0.3, -0.25) is 0 Å². The van der Waals surface area contributed by atoms with Crippen molar-refractivity contribution in [1.29, 1.82) is 5.26 Å². The molecule has 0 fully saturated rings. The zero-order valence-electron chi connectivity index (χ0n) is 14.4. The van der Waals surface area contributed by atoms with Gasteiger partial charge in [0.15, 0.2) is 11.6 Å². The van der Waals surface area contributed by atoms with Gasteiger partial charge in [0.2, 0.25) is 0 Å². The van der Waals surface area contributed by atoms with E-state index in [1.807, 2.05) is 38.1 Å². The monoisotopic (exact) mass is 367 g/mol. The average molecular weight is 367 g/mol. The van der Waals surface area contributed by atoms with Crippen LogP contribution in [0.2, 0.25) is 0 Å². The molecule has 0 spiro atoms. The lowest BCUT2D eigenvalue weighted by molar-refractivity contribution is 0.0508. The number of ether oxygens (including phenoxy) is 1. The van der Waals surface area contributed by atoms with E-state index < -0.39 is 12.6 Å². The third-order valence-corrected chi connectivity index (χ3v) is 5.04. The third-order valence-electron chi connectivity index (χ3n) is 3.97. The molecule has 0 aliphatic rings. The molecule has 2 heterocycles. The zero-order chi connectivity index (χ0) is 18.7. The van der Waals surface area contributed by atoms with Gasteiger partial charge in [0, 0.05) is 4.88 Å². The van der Waals surface area contributed by atoms with Gasteiger partial charge in [-0.15, -0.1) is 11.3 Å². The number of benzene rings is 1. The summed E-state index contributed by atoms with van der Waals surface area (Å²) in [6, 6.07) is 11.0. The highest BCUT2D eigenvalue weighted by Gasteiger charge is 2.17. The lowest BCUT2D eigenvalue weighted by Gasteiger charge is -2.04. The largest absolute Gasteiger partial charge is 0.507 e. The Morgan fingerprint density at radius 2 is 2.19 bits per heavy atom. The van der Waals surface area contributed by atoms with Crippen molar-refractivity contribution in [2.45, 2.75) is 20.3 Å². The van der Waals surface area contributed by atoms with Crippen LogP contribution in [-0.2, 0) is 11.2 Å². The quantitative estimate of drug-likeness (QED) is 0.401. The Balaban J connectivity index is 1.78.